The third-order valence-electron chi connectivity index (χ3n) is 2.65. The maximum atomic E-state index is 4.01. The van der Waals surface area contributed by atoms with E-state index in [0.717, 1.165) is 5.70 Å². The minimum absolute atomic E-state index is 0.302. The van der Waals surface area contributed by atoms with Crippen molar-refractivity contribution in [2.24, 2.45) is 0 Å². The second-order valence-electron chi connectivity index (χ2n) is 3.58. The van der Waals surface area contributed by atoms with E-state index in [1.54, 1.807) is 0 Å². The van der Waals surface area contributed by atoms with Gasteiger partial charge in [-0.2, -0.15) is 0 Å². The molecule has 0 aliphatic heterocycles. The van der Waals surface area contributed by atoms with E-state index in [9.17, 15) is 0 Å². The molecule has 2 atom stereocenters. The fraction of sp³-hybridized carbons (Fsp3) is 0.818. The van der Waals surface area contributed by atoms with E-state index in [0.29, 0.717) is 12.1 Å². The summed E-state index contributed by atoms with van der Waals surface area (Å²) in [6.07, 6.45) is 3.67. The van der Waals surface area contributed by atoms with Gasteiger partial charge in [-0.05, 0) is 20.5 Å². The van der Waals surface area contributed by atoms with Crippen LogP contribution in [0.25, 0.3) is 0 Å². The highest BCUT2D eigenvalue weighted by Crippen LogP contribution is 2.08. The van der Waals surface area contributed by atoms with Gasteiger partial charge in [0, 0.05) is 18.8 Å². The first-order valence-electron chi connectivity index (χ1n) is 5.42. The van der Waals surface area contributed by atoms with Gasteiger partial charge in [0.15, 0.2) is 0 Å². The van der Waals surface area contributed by atoms with E-state index < -0.39 is 0 Å². The molecule has 0 aromatic rings. The van der Waals surface area contributed by atoms with E-state index in [-0.39, 0.29) is 0 Å². The van der Waals surface area contributed by atoms with Gasteiger partial charge in [-0.1, -0.05) is 26.3 Å². The van der Waals surface area contributed by atoms with Gasteiger partial charge in [-0.25, -0.2) is 0 Å². The zero-order valence-electron chi connectivity index (χ0n) is 9.98. The molecular weight excluding hydrogens is 174 g/mol. The van der Waals surface area contributed by atoms with Crippen LogP contribution >= 0.6 is 0 Å². The molecule has 0 aliphatic rings. The number of hydrogen-bond acceptors (Lipinski definition) is 3. The number of likely N-dealkylation sites (N-methyl/N-ethyl adjacent to an activating group) is 3. The largest absolute Gasteiger partial charge is 0.391 e. The van der Waals surface area contributed by atoms with Crippen LogP contribution in [0, 0.1) is 0 Å². The fourth-order valence-electron chi connectivity index (χ4n) is 1.68. The smallest absolute Gasteiger partial charge is 0.0616 e. The van der Waals surface area contributed by atoms with Gasteiger partial charge in [0.1, 0.15) is 0 Å². The van der Waals surface area contributed by atoms with Crippen molar-refractivity contribution >= 4 is 0 Å². The second-order valence-corrected chi connectivity index (χ2v) is 3.58. The van der Waals surface area contributed by atoms with E-state index in [4.69, 9.17) is 0 Å². The Morgan fingerprint density at radius 1 is 1.21 bits per heavy atom. The predicted octanol–water partition coefficient (Wildman–Crippen LogP) is 1.09. The molecule has 3 heteroatoms. The number of hydrogen-bond donors (Lipinski definition) is 3. The zero-order chi connectivity index (χ0) is 11.0. The molecule has 3 nitrogen and oxygen atoms in total. The molecule has 14 heavy (non-hydrogen) atoms. The highest BCUT2D eigenvalue weighted by molar-refractivity contribution is 5.06. The summed E-state index contributed by atoms with van der Waals surface area (Å²) in [5.41, 5.74) is 1.04. The topological polar surface area (TPSA) is 36.1 Å². The molecule has 3 N–H and O–H groups in total. The summed E-state index contributed by atoms with van der Waals surface area (Å²) in [7, 11) is 5.90. The van der Waals surface area contributed by atoms with Crippen molar-refractivity contribution in [3.63, 3.8) is 0 Å². The van der Waals surface area contributed by atoms with E-state index >= 15 is 0 Å². The molecule has 0 aliphatic carbocycles. The molecule has 0 aromatic carbocycles. The molecule has 0 amide bonds. The maximum Gasteiger partial charge on any atom is 0.0616 e. The van der Waals surface area contributed by atoms with Crippen LogP contribution < -0.4 is 16.0 Å². The average molecular weight is 199 g/mol. The Morgan fingerprint density at radius 3 is 2.21 bits per heavy atom. The van der Waals surface area contributed by atoms with E-state index in [2.05, 4.69) is 29.5 Å². The predicted molar refractivity (Wildman–Crippen MR) is 63.4 cm³/mol. The molecule has 0 spiro atoms. The standard InChI is InChI=1S/C11H25N3/c1-6-7-8-10(13-4)11(14-5)9(2)12-3/h10-14H,2,6-8H2,1,3-5H3. The molecule has 0 saturated carbocycles. The summed E-state index contributed by atoms with van der Waals surface area (Å²) in [4.78, 5) is 0. The van der Waals surface area contributed by atoms with Crippen molar-refractivity contribution in [1.29, 1.82) is 0 Å². The Kier molecular flexibility index (Phi) is 7.52. The SMILES string of the molecule is C=C(NC)C(NC)C(CCCC)NC. The lowest BCUT2D eigenvalue weighted by Crippen LogP contribution is -2.48. The first kappa shape index (κ1) is 13.5. The van der Waals surface area contributed by atoms with Gasteiger partial charge in [0.05, 0.1) is 6.04 Å². The molecule has 0 aromatic heterocycles. The Hall–Kier alpha value is -0.540. The zero-order valence-corrected chi connectivity index (χ0v) is 9.98. The van der Waals surface area contributed by atoms with Crippen LogP contribution in [0.4, 0.5) is 0 Å². The first-order valence-corrected chi connectivity index (χ1v) is 5.42. The Bertz CT molecular complexity index is 157. The average Bonchev–Trinajstić information content (AvgIpc) is 2.23. The van der Waals surface area contributed by atoms with Crippen LogP contribution in [0.3, 0.4) is 0 Å². The summed E-state index contributed by atoms with van der Waals surface area (Å²) >= 11 is 0. The van der Waals surface area contributed by atoms with Gasteiger partial charge in [0.25, 0.3) is 0 Å². The molecule has 0 radical (unpaired) electrons. The normalized spacial score (nSPS) is 14.9. The highest BCUT2D eigenvalue weighted by Gasteiger charge is 2.19. The summed E-state index contributed by atoms with van der Waals surface area (Å²) in [5, 5.41) is 9.74. The molecule has 2 unspecified atom stereocenters. The Morgan fingerprint density at radius 2 is 1.86 bits per heavy atom. The molecule has 0 bridgehead atoms. The van der Waals surface area contributed by atoms with Crippen molar-refractivity contribution in [3.05, 3.63) is 12.3 Å². The third-order valence-corrected chi connectivity index (χ3v) is 2.65. The van der Waals surface area contributed by atoms with Crippen LogP contribution in [-0.4, -0.2) is 33.2 Å². The Labute approximate surface area is 88.3 Å². The van der Waals surface area contributed by atoms with Crippen molar-refractivity contribution < 1.29 is 0 Å². The van der Waals surface area contributed by atoms with Gasteiger partial charge < -0.3 is 16.0 Å². The van der Waals surface area contributed by atoms with Crippen LogP contribution in [0.15, 0.2) is 12.3 Å². The van der Waals surface area contributed by atoms with Crippen molar-refractivity contribution in [3.8, 4) is 0 Å². The summed E-state index contributed by atoms with van der Waals surface area (Å²) in [6, 6.07) is 0.761. The molecule has 0 fully saturated rings. The molecule has 84 valence electrons. The quantitative estimate of drug-likeness (QED) is 0.547. The lowest BCUT2D eigenvalue weighted by atomic mass is 10.00. The summed E-state index contributed by atoms with van der Waals surface area (Å²) in [6.45, 7) is 6.22. The minimum Gasteiger partial charge on any atom is -0.391 e. The monoisotopic (exact) mass is 199 g/mol. The number of rotatable bonds is 8. The molecule has 0 saturated heterocycles. The van der Waals surface area contributed by atoms with Crippen LogP contribution in [-0.2, 0) is 0 Å². The van der Waals surface area contributed by atoms with Crippen molar-refractivity contribution in [1.82, 2.24) is 16.0 Å². The highest BCUT2D eigenvalue weighted by atomic mass is 15.0. The Balaban J connectivity index is 4.21. The maximum absolute atomic E-state index is 4.01. The summed E-state index contributed by atoms with van der Waals surface area (Å²) < 4.78 is 0. The summed E-state index contributed by atoms with van der Waals surface area (Å²) in [5.74, 6) is 0. The number of unbranched alkanes of at least 4 members (excludes halogenated alkanes) is 1. The molecule has 0 rings (SSSR count). The van der Waals surface area contributed by atoms with Crippen LogP contribution in [0.2, 0.25) is 0 Å². The number of nitrogens with one attached hydrogen (secondary N) is 3. The van der Waals surface area contributed by atoms with E-state index in [1.165, 1.54) is 19.3 Å². The van der Waals surface area contributed by atoms with Crippen LogP contribution in [0.1, 0.15) is 26.2 Å². The lowest BCUT2D eigenvalue weighted by molar-refractivity contribution is 0.404. The minimum atomic E-state index is 0.302. The molecule has 0 heterocycles. The fourth-order valence-corrected chi connectivity index (χ4v) is 1.68. The molecular formula is C11H25N3. The van der Waals surface area contributed by atoms with E-state index in [1.807, 2.05) is 21.1 Å². The van der Waals surface area contributed by atoms with Crippen LogP contribution in [0.5, 0.6) is 0 Å². The van der Waals surface area contributed by atoms with Gasteiger partial charge in [-0.15, -0.1) is 0 Å². The van der Waals surface area contributed by atoms with Gasteiger partial charge >= 0.3 is 0 Å². The lowest BCUT2D eigenvalue weighted by Gasteiger charge is -2.28. The van der Waals surface area contributed by atoms with Gasteiger partial charge in [0.2, 0.25) is 0 Å². The van der Waals surface area contributed by atoms with Crippen molar-refractivity contribution in [2.75, 3.05) is 21.1 Å². The van der Waals surface area contributed by atoms with Crippen molar-refractivity contribution in [2.45, 2.75) is 38.3 Å². The van der Waals surface area contributed by atoms with Gasteiger partial charge in [-0.3, -0.25) is 0 Å². The third kappa shape index (κ3) is 4.11. The second kappa shape index (κ2) is 7.83. The first-order chi connectivity index (χ1) is 6.71.